The number of nitrogens with zero attached hydrogens (tertiary/aromatic N) is 2. The highest BCUT2D eigenvalue weighted by Gasteiger charge is 2.23. The summed E-state index contributed by atoms with van der Waals surface area (Å²) in [5, 5.41) is 0. The average Bonchev–Trinajstić information content (AvgIpc) is 2.48. The molecule has 1 aliphatic heterocycles. The van der Waals surface area contributed by atoms with Gasteiger partial charge in [-0.15, -0.1) is 0 Å². The number of aliphatic imine (C=N–C) groups is 1. The van der Waals surface area contributed by atoms with Gasteiger partial charge < -0.3 is 0 Å². The number of amidine groups is 1. The van der Waals surface area contributed by atoms with Crippen LogP contribution in [0, 0.1) is 0 Å². The lowest BCUT2D eigenvalue weighted by Crippen LogP contribution is -2.25. The Bertz CT molecular complexity index is 446. The summed E-state index contributed by atoms with van der Waals surface area (Å²) in [6.45, 7) is 1.82. The van der Waals surface area contributed by atoms with Crippen molar-refractivity contribution in [3.05, 3.63) is 41.6 Å². The van der Waals surface area contributed by atoms with Crippen molar-refractivity contribution in [2.24, 2.45) is 4.99 Å². The van der Waals surface area contributed by atoms with Gasteiger partial charge in [-0.2, -0.15) is 0 Å². The van der Waals surface area contributed by atoms with Crippen LogP contribution in [0.3, 0.4) is 0 Å². The number of likely N-dealkylation sites (N-methyl/N-ethyl adjacent to an activating group) is 1. The van der Waals surface area contributed by atoms with Gasteiger partial charge in [0.15, 0.2) is 0 Å². The molecular weight excluding hydrogens is 188 g/mol. The van der Waals surface area contributed by atoms with Gasteiger partial charge in [-0.1, -0.05) is 30.3 Å². The van der Waals surface area contributed by atoms with Crippen LogP contribution >= 0.6 is 0 Å². The lowest BCUT2D eigenvalue weighted by Gasteiger charge is -2.05. The summed E-state index contributed by atoms with van der Waals surface area (Å²) >= 11 is 0. The molecule has 0 fully saturated rings. The molecule has 0 unspecified atom stereocenters. The van der Waals surface area contributed by atoms with Crippen LogP contribution < -0.4 is 0 Å². The summed E-state index contributed by atoms with van der Waals surface area (Å²) in [7, 11) is 1.73. The number of amides is 1. The fraction of sp³-hybridized carbons (Fsp3) is 0.167. The van der Waals surface area contributed by atoms with E-state index in [1.165, 1.54) is 0 Å². The molecule has 0 aromatic heterocycles. The number of hydrogen-bond acceptors (Lipinski definition) is 2. The summed E-state index contributed by atoms with van der Waals surface area (Å²) in [6, 6.07) is 9.71. The fourth-order valence-electron chi connectivity index (χ4n) is 1.42. The van der Waals surface area contributed by atoms with Crippen LogP contribution in [0.15, 0.2) is 41.0 Å². The van der Waals surface area contributed by atoms with Crippen LogP contribution in [0.4, 0.5) is 0 Å². The van der Waals surface area contributed by atoms with Crippen LogP contribution in [0.5, 0.6) is 0 Å². The summed E-state index contributed by atoms with van der Waals surface area (Å²) in [4.78, 5) is 17.4. The van der Waals surface area contributed by atoms with Crippen molar-refractivity contribution in [3.63, 3.8) is 0 Å². The first kappa shape index (κ1) is 9.65. The molecule has 0 bridgehead atoms. The topological polar surface area (TPSA) is 32.7 Å². The van der Waals surface area contributed by atoms with Gasteiger partial charge in [-0.25, -0.2) is 4.99 Å². The first-order valence-electron chi connectivity index (χ1n) is 4.78. The largest absolute Gasteiger partial charge is 0.298 e. The minimum Gasteiger partial charge on any atom is -0.298 e. The van der Waals surface area contributed by atoms with Crippen molar-refractivity contribution in [2.45, 2.75) is 6.92 Å². The third-order valence-corrected chi connectivity index (χ3v) is 2.39. The van der Waals surface area contributed by atoms with Crippen molar-refractivity contribution in [1.29, 1.82) is 0 Å². The molecule has 0 spiro atoms. The Morgan fingerprint density at radius 1 is 1.27 bits per heavy atom. The van der Waals surface area contributed by atoms with E-state index in [-0.39, 0.29) is 5.91 Å². The molecule has 15 heavy (non-hydrogen) atoms. The lowest BCUT2D eigenvalue weighted by molar-refractivity contribution is -0.121. The molecule has 2 rings (SSSR count). The molecule has 3 nitrogen and oxygen atoms in total. The van der Waals surface area contributed by atoms with Gasteiger partial charge in [0.05, 0.1) is 0 Å². The number of carbonyl (C=O) groups excluding carboxylic acids is 1. The van der Waals surface area contributed by atoms with Crippen LogP contribution in [-0.4, -0.2) is 23.7 Å². The summed E-state index contributed by atoms with van der Waals surface area (Å²) in [5.74, 6) is 0.693. The van der Waals surface area contributed by atoms with Crippen LogP contribution in [0.2, 0.25) is 0 Å². The van der Waals surface area contributed by atoms with Gasteiger partial charge in [0.25, 0.3) is 5.91 Å². The molecule has 1 aromatic carbocycles. The van der Waals surface area contributed by atoms with Crippen molar-refractivity contribution < 1.29 is 4.79 Å². The highest BCUT2D eigenvalue weighted by atomic mass is 16.2. The van der Waals surface area contributed by atoms with Crippen LogP contribution in [0.1, 0.15) is 12.5 Å². The third-order valence-electron chi connectivity index (χ3n) is 2.39. The first-order chi connectivity index (χ1) is 7.18. The van der Waals surface area contributed by atoms with Gasteiger partial charge in [0.2, 0.25) is 0 Å². The van der Waals surface area contributed by atoms with E-state index in [0.29, 0.717) is 5.70 Å². The Hall–Kier alpha value is -1.90. The number of rotatable bonds is 1. The molecule has 76 valence electrons. The molecule has 1 aromatic rings. The molecule has 1 amide bonds. The molecule has 0 saturated carbocycles. The highest BCUT2D eigenvalue weighted by Crippen LogP contribution is 2.16. The zero-order valence-electron chi connectivity index (χ0n) is 8.77. The molecule has 0 atom stereocenters. The van der Waals surface area contributed by atoms with E-state index in [1.54, 1.807) is 18.0 Å². The quantitative estimate of drug-likeness (QED) is 0.637. The third kappa shape index (κ3) is 1.81. The molecular formula is C12H12N2O. The van der Waals surface area contributed by atoms with E-state index < -0.39 is 0 Å². The maximum absolute atomic E-state index is 11.7. The van der Waals surface area contributed by atoms with Crippen molar-refractivity contribution in [2.75, 3.05) is 7.05 Å². The van der Waals surface area contributed by atoms with E-state index in [2.05, 4.69) is 4.99 Å². The second-order valence-corrected chi connectivity index (χ2v) is 3.46. The smallest absolute Gasteiger partial charge is 0.277 e. The van der Waals surface area contributed by atoms with Crippen molar-refractivity contribution in [3.8, 4) is 0 Å². The van der Waals surface area contributed by atoms with Crippen LogP contribution in [-0.2, 0) is 4.79 Å². The lowest BCUT2D eigenvalue weighted by atomic mass is 10.2. The molecule has 3 heteroatoms. The molecule has 1 aliphatic rings. The maximum atomic E-state index is 11.7. The minimum absolute atomic E-state index is 0.0450. The van der Waals surface area contributed by atoms with Crippen LogP contribution in [0.25, 0.3) is 6.08 Å². The SMILES string of the molecule is CC1=NC(=Cc2ccccc2)C(=O)N1C. The summed E-state index contributed by atoms with van der Waals surface area (Å²) in [5.41, 5.74) is 1.49. The Kier molecular flexibility index (Phi) is 2.37. The monoisotopic (exact) mass is 200 g/mol. The van der Waals surface area contributed by atoms with Gasteiger partial charge in [-0.05, 0) is 18.6 Å². The molecule has 0 radical (unpaired) electrons. The Morgan fingerprint density at radius 2 is 1.93 bits per heavy atom. The highest BCUT2D eigenvalue weighted by molar-refractivity contribution is 6.13. The second-order valence-electron chi connectivity index (χ2n) is 3.46. The Labute approximate surface area is 88.7 Å². The van der Waals surface area contributed by atoms with E-state index in [9.17, 15) is 4.79 Å². The van der Waals surface area contributed by atoms with E-state index >= 15 is 0 Å². The number of benzene rings is 1. The normalized spacial score (nSPS) is 18.5. The summed E-state index contributed by atoms with van der Waals surface area (Å²) in [6.07, 6.45) is 1.80. The Balaban J connectivity index is 2.34. The predicted octanol–water partition coefficient (Wildman–Crippen LogP) is 1.92. The minimum atomic E-state index is -0.0450. The van der Waals surface area contributed by atoms with Crippen molar-refractivity contribution >= 4 is 17.8 Å². The molecule has 0 aliphatic carbocycles. The van der Waals surface area contributed by atoms with Gasteiger partial charge in [-0.3, -0.25) is 9.69 Å². The van der Waals surface area contributed by atoms with E-state index in [4.69, 9.17) is 0 Å². The predicted molar refractivity (Wildman–Crippen MR) is 60.3 cm³/mol. The van der Waals surface area contributed by atoms with Gasteiger partial charge in [0, 0.05) is 7.05 Å². The maximum Gasteiger partial charge on any atom is 0.277 e. The number of carbonyl (C=O) groups is 1. The molecule has 0 saturated heterocycles. The van der Waals surface area contributed by atoms with Crippen molar-refractivity contribution in [1.82, 2.24) is 4.90 Å². The standard InChI is InChI=1S/C12H12N2O/c1-9-13-11(12(15)14(9)2)8-10-6-4-3-5-7-10/h3-8H,1-2H3. The summed E-state index contributed by atoms with van der Waals surface area (Å²) < 4.78 is 0. The molecule has 0 N–H and O–H groups in total. The zero-order valence-corrected chi connectivity index (χ0v) is 8.77. The van der Waals surface area contributed by atoms with Gasteiger partial charge in [0.1, 0.15) is 11.5 Å². The average molecular weight is 200 g/mol. The van der Waals surface area contributed by atoms with Gasteiger partial charge >= 0.3 is 0 Å². The Morgan fingerprint density at radius 3 is 2.47 bits per heavy atom. The number of hydrogen-bond donors (Lipinski definition) is 0. The second kappa shape index (κ2) is 3.69. The van der Waals surface area contributed by atoms with E-state index in [0.717, 1.165) is 11.4 Å². The zero-order chi connectivity index (χ0) is 10.8. The first-order valence-corrected chi connectivity index (χ1v) is 4.78. The molecule has 1 heterocycles. The fourth-order valence-corrected chi connectivity index (χ4v) is 1.42. The van der Waals surface area contributed by atoms with E-state index in [1.807, 2.05) is 37.3 Å².